The summed E-state index contributed by atoms with van der Waals surface area (Å²) >= 11 is 6.18. The van der Waals surface area contributed by atoms with Crippen molar-refractivity contribution in [3.8, 4) is 0 Å². The van der Waals surface area contributed by atoms with Crippen LogP contribution in [-0.4, -0.2) is 9.97 Å². The molecule has 0 fully saturated rings. The molecule has 1 unspecified atom stereocenters. The first-order valence-corrected chi connectivity index (χ1v) is 8.81. The molecule has 1 heterocycles. The minimum atomic E-state index is -0.172. The van der Waals surface area contributed by atoms with Gasteiger partial charge >= 0.3 is 0 Å². The van der Waals surface area contributed by atoms with Crippen LogP contribution in [0.25, 0.3) is 11.0 Å². The van der Waals surface area contributed by atoms with Gasteiger partial charge in [-0.05, 0) is 42.0 Å². The lowest BCUT2D eigenvalue weighted by molar-refractivity contribution is 0.664. The molecule has 128 valence electrons. The zero-order chi connectivity index (χ0) is 17.8. The third-order valence-electron chi connectivity index (χ3n) is 4.13. The Balaban J connectivity index is 1.66. The normalized spacial score (nSPS) is 12.7. The topological polar surface area (TPSA) is 53.4 Å². The third kappa shape index (κ3) is 3.81. The Kier molecular flexibility index (Phi) is 4.75. The van der Waals surface area contributed by atoms with Crippen molar-refractivity contribution in [2.24, 2.45) is 10.2 Å². The van der Waals surface area contributed by atoms with Gasteiger partial charge in [0.1, 0.15) is 11.9 Å². The number of H-pyrrole nitrogens is 1. The summed E-state index contributed by atoms with van der Waals surface area (Å²) in [4.78, 5) is 8.03. The van der Waals surface area contributed by atoms with Gasteiger partial charge in [0.15, 0.2) is 0 Å². The smallest absolute Gasteiger partial charge is 0.109 e. The molecule has 0 saturated heterocycles. The number of aromatic nitrogens is 2. The maximum Gasteiger partial charge on any atom is 0.109 e. The van der Waals surface area contributed by atoms with Crippen molar-refractivity contribution in [2.75, 3.05) is 0 Å². The van der Waals surface area contributed by atoms with Crippen molar-refractivity contribution in [1.29, 1.82) is 0 Å². The number of nitrogens with zero attached hydrogens (tertiary/aromatic N) is 3. The number of fused-ring (bicyclic) bond motifs is 1. The molecule has 4 rings (SSSR count). The van der Waals surface area contributed by atoms with Crippen molar-refractivity contribution in [3.05, 3.63) is 95.3 Å². The largest absolute Gasteiger partial charge is 0.342 e. The SMILES string of the molecule is Clc1cccc(C(Cc2nc3ccccc3[nH]2)N=Nc2ccccc2)c1. The summed E-state index contributed by atoms with van der Waals surface area (Å²) < 4.78 is 0. The fourth-order valence-electron chi connectivity index (χ4n) is 2.86. The van der Waals surface area contributed by atoms with Gasteiger partial charge in [-0.25, -0.2) is 4.98 Å². The first-order valence-electron chi connectivity index (χ1n) is 8.43. The molecule has 3 aromatic carbocycles. The Morgan fingerprint density at radius 1 is 0.923 bits per heavy atom. The number of hydrogen-bond acceptors (Lipinski definition) is 3. The summed E-state index contributed by atoms with van der Waals surface area (Å²) in [6.45, 7) is 0. The van der Waals surface area contributed by atoms with E-state index in [4.69, 9.17) is 11.6 Å². The lowest BCUT2D eigenvalue weighted by atomic mass is 10.0. The highest BCUT2D eigenvalue weighted by Crippen LogP contribution is 2.27. The molecule has 1 atom stereocenters. The zero-order valence-electron chi connectivity index (χ0n) is 14.0. The van der Waals surface area contributed by atoms with Crippen LogP contribution in [0, 0.1) is 0 Å². The first kappa shape index (κ1) is 16.5. The van der Waals surface area contributed by atoms with Gasteiger partial charge < -0.3 is 4.98 Å². The standard InChI is InChI=1S/C21H17ClN4/c22-16-8-6-7-15(13-16)20(26-25-17-9-2-1-3-10-17)14-21-23-18-11-4-5-12-19(18)24-21/h1-13,20H,14H2,(H,23,24). The highest BCUT2D eigenvalue weighted by Gasteiger charge is 2.15. The summed E-state index contributed by atoms with van der Waals surface area (Å²) in [6.07, 6.45) is 0.616. The van der Waals surface area contributed by atoms with E-state index in [0.29, 0.717) is 11.4 Å². The van der Waals surface area contributed by atoms with Crippen LogP contribution < -0.4 is 0 Å². The fourth-order valence-corrected chi connectivity index (χ4v) is 3.05. The Morgan fingerprint density at radius 2 is 1.73 bits per heavy atom. The third-order valence-corrected chi connectivity index (χ3v) is 4.36. The molecule has 0 aliphatic heterocycles. The van der Waals surface area contributed by atoms with Crippen molar-refractivity contribution in [3.63, 3.8) is 0 Å². The number of nitrogens with one attached hydrogen (secondary N) is 1. The number of benzene rings is 3. The van der Waals surface area contributed by atoms with Gasteiger partial charge in [-0.2, -0.15) is 10.2 Å². The van der Waals surface area contributed by atoms with Crippen molar-refractivity contribution in [2.45, 2.75) is 12.5 Å². The summed E-state index contributed by atoms with van der Waals surface area (Å²) in [5, 5.41) is 9.67. The predicted molar refractivity (Wildman–Crippen MR) is 105 cm³/mol. The van der Waals surface area contributed by atoms with Crippen LogP contribution in [0.5, 0.6) is 0 Å². The Bertz CT molecular complexity index is 1010. The highest BCUT2D eigenvalue weighted by molar-refractivity contribution is 6.30. The van der Waals surface area contributed by atoms with Gasteiger partial charge in [-0.3, -0.25) is 0 Å². The minimum absolute atomic E-state index is 0.172. The van der Waals surface area contributed by atoms with E-state index in [1.807, 2.05) is 78.9 Å². The van der Waals surface area contributed by atoms with Gasteiger partial charge in [0.2, 0.25) is 0 Å². The molecule has 1 N–H and O–H groups in total. The lowest BCUT2D eigenvalue weighted by Crippen LogP contribution is -2.01. The van der Waals surface area contributed by atoms with Crippen LogP contribution in [0.15, 0.2) is 89.1 Å². The summed E-state index contributed by atoms with van der Waals surface area (Å²) in [5.74, 6) is 0.878. The summed E-state index contributed by atoms with van der Waals surface area (Å²) in [5.41, 5.74) is 3.81. The van der Waals surface area contributed by atoms with Gasteiger partial charge in [0.05, 0.1) is 16.7 Å². The van der Waals surface area contributed by atoms with Crippen LogP contribution in [0.4, 0.5) is 5.69 Å². The molecule has 26 heavy (non-hydrogen) atoms. The van der Waals surface area contributed by atoms with Gasteiger partial charge in [-0.1, -0.05) is 54.1 Å². The fraction of sp³-hybridized carbons (Fsp3) is 0.0952. The van der Waals surface area contributed by atoms with Crippen LogP contribution >= 0.6 is 11.6 Å². The van der Waals surface area contributed by atoms with Gasteiger partial charge in [0, 0.05) is 11.4 Å². The number of imidazole rings is 1. The van der Waals surface area contributed by atoms with E-state index in [0.717, 1.165) is 28.1 Å². The average Bonchev–Trinajstić information content (AvgIpc) is 3.08. The van der Waals surface area contributed by atoms with E-state index < -0.39 is 0 Å². The number of aromatic amines is 1. The maximum absolute atomic E-state index is 6.18. The first-order chi connectivity index (χ1) is 12.8. The molecule has 0 aliphatic carbocycles. The summed E-state index contributed by atoms with van der Waals surface area (Å²) in [6, 6.07) is 25.3. The molecular weight excluding hydrogens is 344 g/mol. The van der Waals surface area contributed by atoms with Crippen LogP contribution in [0.1, 0.15) is 17.4 Å². The van der Waals surface area contributed by atoms with Gasteiger partial charge in [-0.15, -0.1) is 0 Å². The molecular formula is C21H17ClN4. The molecule has 0 saturated carbocycles. The number of azo groups is 1. The van der Waals surface area contributed by atoms with E-state index in [1.165, 1.54) is 0 Å². The van der Waals surface area contributed by atoms with Crippen LogP contribution in [0.3, 0.4) is 0 Å². The quantitative estimate of drug-likeness (QED) is 0.418. The van der Waals surface area contributed by atoms with Crippen LogP contribution in [-0.2, 0) is 6.42 Å². The Hall–Kier alpha value is -2.98. The van der Waals surface area contributed by atoms with E-state index in [9.17, 15) is 0 Å². The summed E-state index contributed by atoms with van der Waals surface area (Å²) in [7, 11) is 0. The molecule has 0 aliphatic rings. The molecule has 5 heteroatoms. The second-order valence-electron chi connectivity index (χ2n) is 6.03. The Labute approximate surface area is 156 Å². The number of rotatable bonds is 5. The molecule has 1 aromatic heterocycles. The van der Waals surface area contributed by atoms with E-state index in [2.05, 4.69) is 20.2 Å². The molecule has 0 spiro atoms. The zero-order valence-corrected chi connectivity index (χ0v) is 14.8. The Morgan fingerprint density at radius 3 is 2.54 bits per heavy atom. The molecule has 0 amide bonds. The lowest BCUT2D eigenvalue weighted by Gasteiger charge is -2.10. The van der Waals surface area contributed by atoms with Crippen molar-refractivity contribution < 1.29 is 0 Å². The number of para-hydroxylation sites is 2. The average molecular weight is 361 g/mol. The second kappa shape index (κ2) is 7.50. The highest BCUT2D eigenvalue weighted by atomic mass is 35.5. The minimum Gasteiger partial charge on any atom is -0.342 e. The molecule has 4 aromatic rings. The molecule has 4 nitrogen and oxygen atoms in total. The second-order valence-corrected chi connectivity index (χ2v) is 6.46. The van der Waals surface area contributed by atoms with E-state index in [1.54, 1.807) is 0 Å². The van der Waals surface area contributed by atoms with Crippen LogP contribution in [0.2, 0.25) is 5.02 Å². The van der Waals surface area contributed by atoms with Crippen molar-refractivity contribution in [1.82, 2.24) is 9.97 Å². The van der Waals surface area contributed by atoms with E-state index >= 15 is 0 Å². The van der Waals surface area contributed by atoms with E-state index in [-0.39, 0.29) is 6.04 Å². The molecule has 0 bridgehead atoms. The van der Waals surface area contributed by atoms with Gasteiger partial charge in [0.25, 0.3) is 0 Å². The monoisotopic (exact) mass is 360 g/mol. The molecule has 0 radical (unpaired) electrons. The maximum atomic E-state index is 6.18. The number of hydrogen-bond donors (Lipinski definition) is 1. The predicted octanol–water partition coefficient (Wildman–Crippen LogP) is 6.28. The van der Waals surface area contributed by atoms with Crippen molar-refractivity contribution >= 4 is 28.3 Å². The number of halogens is 1.